The van der Waals surface area contributed by atoms with Crippen molar-refractivity contribution in [2.75, 3.05) is 13.1 Å². The molecule has 16 heavy (non-hydrogen) atoms. The number of nitrogens with two attached hydrogens (primary N) is 1. The first-order valence-electron chi connectivity index (χ1n) is 5.45. The third-order valence-corrected chi connectivity index (χ3v) is 3.30. The molecule has 0 aliphatic carbocycles. The monoisotopic (exact) mass is 219 g/mol. The molecule has 2 N–H and O–H groups in total. The summed E-state index contributed by atoms with van der Waals surface area (Å²) < 4.78 is 0. The molecule has 1 heterocycles. The molecule has 0 atom stereocenters. The van der Waals surface area contributed by atoms with Gasteiger partial charge in [0.25, 0.3) is 0 Å². The minimum Gasteiger partial charge on any atom is -0.369 e. The number of hydrogen-bond donors (Lipinski definition) is 1. The molecule has 1 aliphatic rings. The summed E-state index contributed by atoms with van der Waals surface area (Å²) in [6.07, 6.45) is 5.24. The first kappa shape index (κ1) is 12.3. The third-order valence-electron chi connectivity index (χ3n) is 3.30. The van der Waals surface area contributed by atoms with Crippen LogP contribution < -0.4 is 5.73 Å². The first-order chi connectivity index (χ1) is 7.61. The second kappa shape index (κ2) is 5.37. The average molecular weight is 219 g/mol. The molecule has 1 rings (SSSR count). The van der Waals surface area contributed by atoms with E-state index in [4.69, 9.17) is 16.3 Å². The summed E-state index contributed by atoms with van der Waals surface area (Å²) in [5, 5.41) is 17.0. The van der Waals surface area contributed by atoms with Gasteiger partial charge in [-0.2, -0.15) is 10.5 Å². The molecule has 0 bridgehead atoms. The Balaban J connectivity index is 2.48. The summed E-state index contributed by atoms with van der Waals surface area (Å²) in [6.45, 7) is 3.84. The van der Waals surface area contributed by atoms with E-state index in [2.05, 4.69) is 18.0 Å². The maximum absolute atomic E-state index is 8.59. The van der Waals surface area contributed by atoms with Crippen LogP contribution in [0.25, 0.3) is 0 Å². The molecule has 0 aromatic carbocycles. The normalized spacial score (nSPS) is 19.9. The van der Waals surface area contributed by atoms with Gasteiger partial charge in [-0.1, -0.05) is 6.92 Å². The van der Waals surface area contributed by atoms with Gasteiger partial charge >= 0.3 is 0 Å². The van der Waals surface area contributed by atoms with Gasteiger partial charge in [0.15, 0.2) is 0 Å². The highest BCUT2D eigenvalue weighted by atomic mass is 15.3. The molecule has 1 aliphatic heterocycles. The van der Waals surface area contributed by atoms with Crippen LogP contribution in [0.2, 0.25) is 0 Å². The Bertz CT molecular complexity index is 338. The molecule has 0 aromatic heterocycles. The summed E-state index contributed by atoms with van der Waals surface area (Å²) in [5.74, 6) is 0.310. The number of nitriles is 2. The molecular weight excluding hydrogens is 202 g/mol. The van der Waals surface area contributed by atoms with E-state index < -0.39 is 0 Å². The van der Waals surface area contributed by atoms with Crippen molar-refractivity contribution in [3.05, 3.63) is 0 Å². The van der Waals surface area contributed by atoms with E-state index in [1.807, 2.05) is 4.90 Å². The van der Waals surface area contributed by atoms with Crippen LogP contribution in [0.3, 0.4) is 0 Å². The van der Waals surface area contributed by atoms with Crippen LogP contribution in [0.5, 0.6) is 0 Å². The van der Waals surface area contributed by atoms with E-state index in [-0.39, 0.29) is 5.41 Å². The Kier molecular flexibility index (Phi) is 4.13. The number of guanidine groups is 1. The quantitative estimate of drug-likeness (QED) is 0.429. The lowest BCUT2D eigenvalue weighted by Gasteiger charge is -2.39. The Labute approximate surface area is 96.2 Å². The molecule has 0 saturated carbocycles. The molecule has 0 unspecified atom stereocenters. The predicted octanol–water partition coefficient (Wildman–Crippen LogP) is 1.19. The molecule has 0 amide bonds. The van der Waals surface area contributed by atoms with Crippen molar-refractivity contribution in [1.82, 2.24) is 4.90 Å². The van der Waals surface area contributed by atoms with Gasteiger partial charge in [-0.25, -0.2) is 0 Å². The van der Waals surface area contributed by atoms with Crippen molar-refractivity contribution in [3.63, 3.8) is 0 Å². The standard InChI is InChI=1S/C11H17N5/c1-11(3-2-6-12)4-7-16(8-5-11)10(14)15-9-13/h2-5,7-8H2,1H3,(H2,14,15). The van der Waals surface area contributed by atoms with Crippen molar-refractivity contribution in [3.8, 4) is 12.3 Å². The van der Waals surface area contributed by atoms with Crippen LogP contribution in [0, 0.1) is 28.2 Å². The highest BCUT2D eigenvalue weighted by molar-refractivity contribution is 5.79. The number of likely N-dealkylation sites (tertiary alicyclic amines) is 1. The molecule has 1 saturated heterocycles. The van der Waals surface area contributed by atoms with E-state index in [1.54, 1.807) is 6.19 Å². The zero-order valence-corrected chi connectivity index (χ0v) is 9.61. The van der Waals surface area contributed by atoms with Crippen LogP contribution in [-0.2, 0) is 0 Å². The van der Waals surface area contributed by atoms with Gasteiger partial charge in [0.05, 0.1) is 6.07 Å². The maximum Gasteiger partial charge on any atom is 0.209 e. The van der Waals surface area contributed by atoms with Crippen molar-refractivity contribution < 1.29 is 0 Å². The van der Waals surface area contributed by atoms with Crippen LogP contribution >= 0.6 is 0 Å². The van der Waals surface area contributed by atoms with Crippen molar-refractivity contribution in [2.45, 2.75) is 32.6 Å². The smallest absolute Gasteiger partial charge is 0.209 e. The summed E-state index contributed by atoms with van der Waals surface area (Å²) in [5.41, 5.74) is 5.88. The minimum absolute atomic E-state index is 0.235. The van der Waals surface area contributed by atoms with Crippen LogP contribution in [0.15, 0.2) is 4.99 Å². The van der Waals surface area contributed by atoms with Crippen LogP contribution in [-0.4, -0.2) is 23.9 Å². The fourth-order valence-corrected chi connectivity index (χ4v) is 2.01. The molecule has 86 valence electrons. The van der Waals surface area contributed by atoms with E-state index >= 15 is 0 Å². The highest BCUT2D eigenvalue weighted by Crippen LogP contribution is 2.35. The molecule has 5 heteroatoms. The fraction of sp³-hybridized carbons (Fsp3) is 0.727. The summed E-state index contributed by atoms with van der Waals surface area (Å²) in [6, 6.07) is 2.19. The SMILES string of the molecule is CC1(CCC#N)CCN(C(N)=NC#N)CC1. The number of nitrogens with zero attached hydrogens (tertiary/aromatic N) is 4. The van der Waals surface area contributed by atoms with Gasteiger partial charge in [-0.15, -0.1) is 4.99 Å². The highest BCUT2D eigenvalue weighted by Gasteiger charge is 2.30. The van der Waals surface area contributed by atoms with Gasteiger partial charge in [-0.3, -0.25) is 0 Å². The van der Waals surface area contributed by atoms with E-state index in [1.165, 1.54) is 0 Å². The van der Waals surface area contributed by atoms with Crippen molar-refractivity contribution in [1.29, 1.82) is 10.5 Å². The molecular formula is C11H17N5. The largest absolute Gasteiger partial charge is 0.369 e. The Morgan fingerprint density at radius 2 is 2.06 bits per heavy atom. The van der Waals surface area contributed by atoms with Crippen molar-refractivity contribution in [2.24, 2.45) is 16.1 Å². The molecule has 0 aromatic rings. The van der Waals surface area contributed by atoms with Gasteiger partial charge in [0.1, 0.15) is 0 Å². The summed E-state index contributed by atoms with van der Waals surface area (Å²) in [7, 11) is 0. The minimum atomic E-state index is 0.235. The Morgan fingerprint density at radius 3 is 2.56 bits per heavy atom. The molecule has 0 spiro atoms. The molecule has 0 radical (unpaired) electrons. The van der Waals surface area contributed by atoms with Gasteiger partial charge < -0.3 is 10.6 Å². The zero-order valence-electron chi connectivity index (χ0n) is 9.61. The average Bonchev–Trinajstić information content (AvgIpc) is 2.28. The van der Waals surface area contributed by atoms with E-state index in [0.29, 0.717) is 12.4 Å². The molecule has 1 fully saturated rings. The summed E-state index contributed by atoms with van der Waals surface area (Å²) >= 11 is 0. The van der Waals surface area contributed by atoms with Crippen LogP contribution in [0.4, 0.5) is 0 Å². The van der Waals surface area contributed by atoms with Crippen molar-refractivity contribution >= 4 is 5.96 Å². The lowest BCUT2D eigenvalue weighted by atomic mass is 9.77. The van der Waals surface area contributed by atoms with Gasteiger partial charge in [-0.05, 0) is 24.7 Å². The summed E-state index contributed by atoms with van der Waals surface area (Å²) in [4.78, 5) is 5.46. The second-order valence-corrected chi connectivity index (χ2v) is 4.53. The zero-order chi connectivity index (χ0) is 12.0. The number of rotatable bonds is 2. The topological polar surface area (TPSA) is 89.2 Å². The number of hydrogen-bond acceptors (Lipinski definition) is 3. The number of piperidine rings is 1. The predicted molar refractivity (Wildman–Crippen MR) is 61.0 cm³/mol. The van der Waals surface area contributed by atoms with Gasteiger partial charge in [0, 0.05) is 19.5 Å². The Morgan fingerprint density at radius 1 is 1.44 bits per heavy atom. The lowest BCUT2D eigenvalue weighted by Crippen LogP contribution is -2.45. The number of aliphatic imine (C=N–C) groups is 1. The maximum atomic E-state index is 8.59. The molecule has 5 nitrogen and oxygen atoms in total. The lowest BCUT2D eigenvalue weighted by molar-refractivity contribution is 0.157. The Hall–Kier alpha value is -1.75. The first-order valence-corrected chi connectivity index (χ1v) is 5.45. The fourth-order valence-electron chi connectivity index (χ4n) is 2.01. The third kappa shape index (κ3) is 3.13. The second-order valence-electron chi connectivity index (χ2n) is 4.53. The van der Waals surface area contributed by atoms with E-state index in [0.717, 1.165) is 32.4 Å². The van der Waals surface area contributed by atoms with Crippen LogP contribution in [0.1, 0.15) is 32.6 Å². The van der Waals surface area contributed by atoms with E-state index in [9.17, 15) is 0 Å². The van der Waals surface area contributed by atoms with Gasteiger partial charge in [0.2, 0.25) is 12.2 Å².